The Hall–Kier alpha value is -1.33. The normalized spacial score (nSPS) is 11.9. The summed E-state index contributed by atoms with van der Waals surface area (Å²) in [5.74, 6) is -2.04. The molecule has 1 unspecified atom stereocenters. The van der Waals surface area contributed by atoms with Crippen LogP contribution < -0.4 is 5.32 Å². The molecule has 0 aromatic heterocycles. The zero-order valence-corrected chi connectivity index (χ0v) is 10.6. The van der Waals surface area contributed by atoms with Crippen molar-refractivity contribution in [1.29, 1.82) is 0 Å². The van der Waals surface area contributed by atoms with Crippen LogP contribution in [0.15, 0.2) is 18.2 Å². The van der Waals surface area contributed by atoms with Gasteiger partial charge in [0.1, 0.15) is 6.67 Å². The Morgan fingerprint density at radius 1 is 1.39 bits per heavy atom. The molecular formula is C11H10Cl2FNO3. The number of aliphatic carboxylic acids is 1. The van der Waals surface area contributed by atoms with E-state index in [4.69, 9.17) is 28.3 Å². The van der Waals surface area contributed by atoms with Crippen molar-refractivity contribution in [2.45, 2.75) is 12.5 Å². The van der Waals surface area contributed by atoms with Gasteiger partial charge in [0.25, 0.3) is 0 Å². The predicted octanol–water partition coefficient (Wildman–Crippen LogP) is 2.07. The van der Waals surface area contributed by atoms with Gasteiger partial charge in [-0.1, -0.05) is 29.3 Å². The average molecular weight is 294 g/mol. The molecule has 0 aliphatic carbocycles. The van der Waals surface area contributed by atoms with Gasteiger partial charge in [-0.25, -0.2) is 9.18 Å². The smallest absolute Gasteiger partial charge is 0.328 e. The van der Waals surface area contributed by atoms with E-state index in [1.165, 1.54) is 6.07 Å². The fourth-order valence-electron chi connectivity index (χ4n) is 1.25. The van der Waals surface area contributed by atoms with E-state index in [0.717, 1.165) is 0 Å². The molecule has 0 aliphatic heterocycles. The molecule has 0 bridgehead atoms. The van der Waals surface area contributed by atoms with Crippen LogP contribution in [0.5, 0.6) is 0 Å². The summed E-state index contributed by atoms with van der Waals surface area (Å²) in [6, 6.07) is 3.04. The summed E-state index contributed by atoms with van der Waals surface area (Å²) in [4.78, 5) is 22.0. The minimum absolute atomic E-state index is 0.139. The molecule has 0 saturated heterocycles. The minimum atomic E-state index is -1.54. The maximum absolute atomic E-state index is 12.3. The molecule has 0 spiro atoms. The number of hydrogen-bond donors (Lipinski definition) is 2. The molecule has 98 valence electrons. The standard InChI is InChI=1S/C11H10Cl2FNO3/c12-7-2-1-6(8(13)4-7)3-10(16)15-9(5-14)11(17)18/h1-2,4,9H,3,5H2,(H,15,16)(H,17,18). The van der Waals surface area contributed by atoms with E-state index in [9.17, 15) is 14.0 Å². The van der Waals surface area contributed by atoms with Crippen LogP contribution in [-0.2, 0) is 16.0 Å². The van der Waals surface area contributed by atoms with Crippen molar-refractivity contribution in [3.05, 3.63) is 33.8 Å². The summed E-state index contributed by atoms with van der Waals surface area (Å²) in [5, 5.41) is 11.4. The van der Waals surface area contributed by atoms with Crippen molar-refractivity contribution in [1.82, 2.24) is 5.32 Å². The first-order chi connectivity index (χ1) is 8.43. The number of rotatable bonds is 5. The summed E-state index contributed by atoms with van der Waals surface area (Å²) in [5.41, 5.74) is 0.488. The van der Waals surface area contributed by atoms with Crippen LogP contribution in [0.2, 0.25) is 10.0 Å². The van der Waals surface area contributed by atoms with Gasteiger partial charge in [-0.2, -0.15) is 0 Å². The minimum Gasteiger partial charge on any atom is -0.480 e. The zero-order valence-electron chi connectivity index (χ0n) is 9.12. The molecule has 0 fully saturated rings. The summed E-state index contributed by atoms with van der Waals surface area (Å²) in [6.45, 7) is -1.17. The fourth-order valence-corrected chi connectivity index (χ4v) is 1.73. The summed E-state index contributed by atoms with van der Waals surface area (Å²) in [7, 11) is 0. The molecule has 4 nitrogen and oxygen atoms in total. The number of carbonyl (C=O) groups is 2. The average Bonchev–Trinajstić information content (AvgIpc) is 2.29. The van der Waals surface area contributed by atoms with Crippen LogP contribution in [0.4, 0.5) is 4.39 Å². The van der Waals surface area contributed by atoms with E-state index in [1.807, 2.05) is 0 Å². The largest absolute Gasteiger partial charge is 0.480 e. The van der Waals surface area contributed by atoms with E-state index in [0.29, 0.717) is 15.6 Å². The second-order valence-corrected chi connectivity index (χ2v) is 4.37. The van der Waals surface area contributed by atoms with Crippen LogP contribution in [0.1, 0.15) is 5.56 Å². The Labute approximate surface area is 113 Å². The molecule has 1 atom stereocenters. The molecule has 1 amide bonds. The first kappa shape index (κ1) is 14.7. The highest BCUT2D eigenvalue weighted by Crippen LogP contribution is 2.21. The van der Waals surface area contributed by atoms with Crippen LogP contribution in [0.25, 0.3) is 0 Å². The second-order valence-electron chi connectivity index (χ2n) is 3.53. The Kier molecular flexibility index (Phi) is 5.37. The number of amides is 1. The third-order valence-electron chi connectivity index (χ3n) is 2.15. The van der Waals surface area contributed by atoms with Gasteiger partial charge < -0.3 is 10.4 Å². The molecule has 18 heavy (non-hydrogen) atoms. The summed E-state index contributed by atoms with van der Waals surface area (Å²) >= 11 is 11.5. The lowest BCUT2D eigenvalue weighted by molar-refractivity contribution is -0.142. The van der Waals surface area contributed by atoms with Crippen LogP contribution in [0, 0.1) is 0 Å². The Morgan fingerprint density at radius 2 is 2.06 bits per heavy atom. The topological polar surface area (TPSA) is 66.4 Å². The fraction of sp³-hybridized carbons (Fsp3) is 0.273. The first-order valence-corrected chi connectivity index (χ1v) is 5.71. The highest BCUT2D eigenvalue weighted by Gasteiger charge is 2.20. The van der Waals surface area contributed by atoms with Gasteiger partial charge in [-0.05, 0) is 17.7 Å². The second kappa shape index (κ2) is 6.56. The molecular weight excluding hydrogens is 284 g/mol. The summed E-state index contributed by atoms with van der Waals surface area (Å²) in [6.07, 6.45) is -0.139. The molecule has 0 aliphatic rings. The van der Waals surface area contributed by atoms with Crippen molar-refractivity contribution in [3.63, 3.8) is 0 Å². The molecule has 2 N–H and O–H groups in total. The maximum atomic E-state index is 12.3. The SMILES string of the molecule is O=C(Cc1ccc(Cl)cc1Cl)NC(CF)C(=O)O. The monoisotopic (exact) mass is 293 g/mol. The van der Waals surface area contributed by atoms with Crippen molar-refractivity contribution < 1.29 is 19.1 Å². The lowest BCUT2D eigenvalue weighted by Crippen LogP contribution is -2.43. The number of hydrogen-bond acceptors (Lipinski definition) is 2. The van der Waals surface area contributed by atoms with Gasteiger partial charge in [0.2, 0.25) is 5.91 Å². The molecule has 0 radical (unpaired) electrons. The van der Waals surface area contributed by atoms with Gasteiger partial charge in [-0.15, -0.1) is 0 Å². The number of alkyl halides is 1. The lowest BCUT2D eigenvalue weighted by atomic mass is 10.1. The van der Waals surface area contributed by atoms with Crippen LogP contribution in [0.3, 0.4) is 0 Å². The van der Waals surface area contributed by atoms with E-state index < -0.39 is 24.6 Å². The van der Waals surface area contributed by atoms with Gasteiger partial charge in [0.15, 0.2) is 6.04 Å². The third-order valence-corrected chi connectivity index (χ3v) is 2.74. The predicted molar refractivity (Wildman–Crippen MR) is 65.7 cm³/mol. The molecule has 7 heteroatoms. The summed E-state index contributed by atoms with van der Waals surface area (Å²) < 4.78 is 12.3. The first-order valence-electron chi connectivity index (χ1n) is 4.96. The van der Waals surface area contributed by atoms with Gasteiger partial charge >= 0.3 is 5.97 Å². The lowest BCUT2D eigenvalue weighted by Gasteiger charge is -2.11. The highest BCUT2D eigenvalue weighted by atomic mass is 35.5. The van der Waals surface area contributed by atoms with Crippen molar-refractivity contribution in [3.8, 4) is 0 Å². The third kappa shape index (κ3) is 4.16. The zero-order chi connectivity index (χ0) is 13.7. The van der Waals surface area contributed by atoms with E-state index in [-0.39, 0.29) is 6.42 Å². The van der Waals surface area contributed by atoms with Crippen molar-refractivity contribution >= 4 is 35.1 Å². The number of nitrogens with one attached hydrogen (secondary N) is 1. The van der Waals surface area contributed by atoms with E-state index in [1.54, 1.807) is 12.1 Å². The van der Waals surface area contributed by atoms with E-state index >= 15 is 0 Å². The van der Waals surface area contributed by atoms with Gasteiger partial charge in [0, 0.05) is 10.0 Å². The van der Waals surface area contributed by atoms with Crippen LogP contribution in [-0.4, -0.2) is 29.7 Å². The Bertz CT molecular complexity index is 468. The van der Waals surface area contributed by atoms with E-state index in [2.05, 4.69) is 5.32 Å². The number of carbonyl (C=O) groups excluding carboxylic acids is 1. The molecule has 1 aromatic rings. The number of carboxylic acid groups (broad SMARTS) is 1. The van der Waals surface area contributed by atoms with Gasteiger partial charge in [-0.3, -0.25) is 4.79 Å². The number of halogens is 3. The van der Waals surface area contributed by atoms with Crippen LogP contribution >= 0.6 is 23.2 Å². The van der Waals surface area contributed by atoms with Crippen molar-refractivity contribution in [2.24, 2.45) is 0 Å². The number of carboxylic acids is 1. The Balaban J connectivity index is 2.67. The number of benzene rings is 1. The Morgan fingerprint density at radius 3 is 2.56 bits per heavy atom. The molecule has 0 saturated carbocycles. The maximum Gasteiger partial charge on any atom is 0.328 e. The molecule has 0 heterocycles. The molecule has 1 aromatic carbocycles. The van der Waals surface area contributed by atoms with Gasteiger partial charge in [0.05, 0.1) is 6.42 Å². The highest BCUT2D eigenvalue weighted by molar-refractivity contribution is 6.35. The molecule has 1 rings (SSSR count). The van der Waals surface area contributed by atoms with Crippen molar-refractivity contribution in [2.75, 3.05) is 6.67 Å². The quantitative estimate of drug-likeness (QED) is 0.873.